The first-order valence-electron chi connectivity index (χ1n) is 7.62. The lowest BCUT2D eigenvalue weighted by Crippen LogP contribution is -1.96. The van der Waals surface area contributed by atoms with Crippen molar-refractivity contribution in [2.24, 2.45) is 0 Å². The Morgan fingerprint density at radius 3 is 2.77 bits per heavy atom. The second-order valence-electron chi connectivity index (χ2n) is 5.62. The van der Waals surface area contributed by atoms with Crippen LogP contribution in [0.1, 0.15) is 15.9 Å². The first kappa shape index (κ1) is 16.5. The van der Waals surface area contributed by atoms with Gasteiger partial charge >= 0.3 is 0 Å². The number of nitrogens with zero attached hydrogens (tertiary/aromatic N) is 3. The lowest BCUT2D eigenvalue weighted by Gasteiger charge is -2.06. The minimum absolute atomic E-state index is 0.234. The Balaban J connectivity index is 1.94. The molecule has 0 saturated carbocycles. The molecule has 0 N–H and O–H groups in total. The predicted molar refractivity (Wildman–Crippen MR) is 95.9 cm³/mol. The number of thiazole rings is 1. The molecule has 0 atom stereocenters. The molecule has 0 saturated heterocycles. The van der Waals surface area contributed by atoms with Crippen LogP contribution in [0, 0.1) is 12.7 Å². The molecule has 0 aliphatic rings. The molecule has 26 heavy (non-hydrogen) atoms. The van der Waals surface area contributed by atoms with Gasteiger partial charge in [-0.15, -0.1) is 11.3 Å². The zero-order valence-electron chi connectivity index (χ0n) is 13.8. The first-order valence-corrected chi connectivity index (χ1v) is 8.44. The Kier molecular flexibility index (Phi) is 4.06. The van der Waals surface area contributed by atoms with Gasteiger partial charge in [0.15, 0.2) is 5.82 Å². The predicted octanol–water partition coefficient (Wildman–Crippen LogP) is 4.11. The number of carbonyl (C=O) groups is 1. The molecule has 0 fully saturated rings. The highest BCUT2D eigenvalue weighted by Gasteiger charge is 2.16. The number of aldehydes is 1. The number of rotatable bonds is 4. The molecule has 2 aromatic carbocycles. The number of hydrogen-bond donors (Lipinski definition) is 0. The van der Waals surface area contributed by atoms with Gasteiger partial charge in [-0.2, -0.15) is 4.89 Å². The summed E-state index contributed by atoms with van der Waals surface area (Å²) in [6, 6.07) is 6.60. The van der Waals surface area contributed by atoms with Crippen LogP contribution in [-0.2, 0) is 4.89 Å². The van der Waals surface area contributed by atoms with E-state index in [0.717, 1.165) is 11.1 Å². The van der Waals surface area contributed by atoms with E-state index in [0.29, 0.717) is 27.0 Å². The van der Waals surface area contributed by atoms with Gasteiger partial charge in [-0.3, -0.25) is 4.79 Å². The van der Waals surface area contributed by atoms with Crippen molar-refractivity contribution in [3.63, 3.8) is 0 Å². The number of carbonyl (C=O) groups excluding carboxylic acids is 1. The van der Waals surface area contributed by atoms with Gasteiger partial charge in [0.25, 0.3) is 5.88 Å². The number of benzene rings is 2. The summed E-state index contributed by atoms with van der Waals surface area (Å²) in [4.78, 5) is 33.7. The van der Waals surface area contributed by atoms with E-state index in [4.69, 9.17) is 4.89 Å². The number of aromatic nitrogens is 3. The van der Waals surface area contributed by atoms with Crippen LogP contribution in [0.25, 0.3) is 31.8 Å². The van der Waals surface area contributed by atoms with Gasteiger partial charge in [-0.05, 0) is 36.8 Å². The Morgan fingerprint density at radius 2 is 2.00 bits per heavy atom. The first-order chi connectivity index (χ1) is 12.6. The van der Waals surface area contributed by atoms with Gasteiger partial charge in [0.05, 0.1) is 29.0 Å². The molecule has 0 radical (unpaired) electrons. The Labute approximate surface area is 151 Å². The zero-order chi connectivity index (χ0) is 18.3. The van der Waals surface area contributed by atoms with Crippen molar-refractivity contribution in [2.45, 2.75) is 6.92 Å². The minimum atomic E-state index is -0.522. The molecule has 2 aromatic heterocycles. The summed E-state index contributed by atoms with van der Waals surface area (Å²) >= 11 is 1.30. The standard InChI is InChI=1S/C18H12FN3O3S/c1-9-3-11(16-13(4-9)21-15(7-20-16)25-24-2)18-22-17-12(19)5-10(8-23)6-14(17)26-18/h3-8H,1-2H3. The monoisotopic (exact) mass is 369 g/mol. The maximum atomic E-state index is 14.2. The summed E-state index contributed by atoms with van der Waals surface area (Å²) < 4.78 is 14.8. The maximum absolute atomic E-state index is 14.2. The largest absolute Gasteiger partial charge is 0.315 e. The highest BCUT2D eigenvalue weighted by Crippen LogP contribution is 2.35. The van der Waals surface area contributed by atoms with E-state index in [-0.39, 0.29) is 17.0 Å². The molecule has 0 amide bonds. The molecular weight excluding hydrogens is 357 g/mol. The fourth-order valence-electron chi connectivity index (χ4n) is 2.73. The van der Waals surface area contributed by atoms with Crippen molar-refractivity contribution in [3.05, 3.63) is 47.4 Å². The van der Waals surface area contributed by atoms with Crippen LogP contribution in [-0.4, -0.2) is 28.3 Å². The summed E-state index contributed by atoms with van der Waals surface area (Å²) in [5.74, 6) is -0.284. The Hall–Kier alpha value is -2.97. The maximum Gasteiger partial charge on any atom is 0.275 e. The molecule has 4 rings (SSSR count). The Morgan fingerprint density at radius 1 is 1.15 bits per heavy atom. The highest BCUT2D eigenvalue weighted by atomic mass is 32.1. The number of halogens is 1. The van der Waals surface area contributed by atoms with Crippen LogP contribution >= 0.6 is 11.3 Å². The summed E-state index contributed by atoms with van der Waals surface area (Å²) in [5.41, 5.74) is 3.43. The molecule has 2 heterocycles. The number of fused-ring (bicyclic) bond motifs is 2. The van der Waals surface area contributed by atoms with Crippen molar-refractivity contribution in [1.29, 1.82) is 0 Å². The third-order valence-corrected chi connectivity index (χ3v) is 4.81. The van der Waals surface area contributed by atoms with E-state index in [9.17, 15) is 9.18 Å². The van der Waals surface area contributed by atoms with Crippen molar-refractivity contribution in [3.8, 4) is 16.5 Å². The summed E-state index contributed by atoms with van der Waals surface area (Å²) in [6.45, 7) is 1.92. The molecule has 0 spiro atoms. The highest BCUT2D eigenvalue weighted by molar-refractivity contribution is 7.21. The SMILES string of the molecule is COOc1cnc2c(-c3nc4c(F)cc(C=O)cc4s3)cc(C)cc2n1. The third-order valence-electron chi connectivity index (χ3n) is 3.77. The third kappa shape index (κ3) is 2.79. The summed E-state index contributed by atoms with van der Waals surface area (Å²) in [7, 11) is 1.39. The second-order valence-corrected chi connectivity index (χ2v) is 6.66. The van der Waals surface area contributed by atoms with Crippen LogP contribution in [0.5, 0.6) is 5.88 Å². The topological polar surface area (TPSA) is 74.2 Å². The van der Waals surface area contributed by atoms with E-state index in [1.807, 2.05) is 19.1 Å². The smallest absolute Gasteiger partial charge is 0.275 e. The van der Waals surface area contributed by atoms with E-state index in [1.165, 1.54) is 30.7 Å². The van der Waals surface area contributed by atoms with Gasteiger partial charge in [0, 0.05) is 11.1 Å². The minimum Gasteiger partial charge on any atom is -0.315 e. The molecule has 130 valence electrons. The lowest BCUT2D eigenvalue weighted by atomic mass is 10.1. The fraction of sp³-hybridized carbons (Fsp3) is 0.111. The van der Waals surface area contributed by atoms with Crippen LogP contribution in [0.4, 0.5) is 4.39 Å². The average molecular weight is 369 g/mol. The van der Waals surface area contributed by atoms with E-state index < -0.39 is 5.82 Å². The Bertz CT molecular complexity index is 1160. The van der Waals surface area contributed by atoms with Crippen LogP contribution in [0.3, 0.4) is 0 Å². The molecular formula is C18H12FN3O3S. The molecule has 0 aliphatic carbocycles. The van der Waals surface area contributed by atoms with Crippen LogP contribution in [0.2, 0.25) is 0 Å². The molecule has 6 nitrogen and oxygen atoms in total. The zero-order valence-corrected chi connectivity index (χ0v) is 14.6. The molecule has 0 aliphatic heterocycles. The van der Waals surface area contributed by atoms with Crippen LogP contribution < -0.4 is 4.89 Å². The average Bonchev–Trinajstić information content (AvgIpc) is 3.05. The van der Waals surface area contributed by atoms with Crippen molar-refractivity contribution in [1.82, 2.24) is 15.0 Å². The van der Waals surface area contributed by atoms with E-state index in [1.54, 1.807) is 6.07 Å². The van der Waals surface area contributed by atoms with E-state index >= 15 is 0 Å². The van der Waals surface area contributed by atoms with Crippen molar-refractivity contribution < 1.29 is 19.0 Å². The quantitative estimate of drug-likeness (QED) is 0.306. The second kappa shape index (κ2) is 6.40. The molecule has 4 aromatic rings. The summed E-state index contributed by atoms with van der Waals surface area (Å²) in [5, 5.41) is 0.602. The molecule has 8 heteroatoms. The molecule has 0 bridgehead atoms. The van der Waals surface area contributed by atoms with Gasteiger partial charge in [0.1, 0.15) is 16.8 Å². The van der Waals surface area contributed by atoms with Gasteiger partial charge in [-0.1, -0.05) is 0 Å². The van der Waals surface area contributed by atoms with Crippen molar-refractivity contribution >= 4 is 38.9 Å². The normalized spacial score (nSPS) is 11.2. The fourth-order valence-corrected chi connectivity index (χ4v) is 3.77. The number of aryl methyl sites for hydroxylation is 1. The van der Waals surface area contributed by atoms with Gasteiger partial charge in [-0.25, -0.2) is 19.3 Å². The van der Waals surface area contributed by atoms with Crippen LogP contribution in [0.15, 0.2) is 30.5 Å². The summed E-state index contributed by atoms with van der Waals surface area (Å²) in [6.07, 6.45) is 2.07. The lowest BCUT2D eigenvalue weighted by molar-refractivity contribution is -0.181. The van der Waals surface area contributed by atoms with Gasteiger partial charge in [0.2, 0.25) is 0 Å². The van der Waals surface area contributed by atoms with E-state index in [2.05, 4.69) is 19.8 Å². The van der Waals surface area contributed by atoms with Gasteiger partial charge < -0.3 is 4.89 Å². The van der Waals surface area contributed by atoms with Crippen molar-refractivity contribution in [2.75, 3.05) is 7.11 Å². The number of hydrogen-bond acceptors (Lipinski definition) is 7. The molecule has 0 unspecified atom stereocenters.